The van der Waals surface area contributed by atoms with E-state index in [-0.39, 0.29) is 6.04 Å². The Labute approximate surface area is 96.1 Å². The van der Waals surface area contributed by atoms with Gasteiger partial charge >= 0.3 is 0 Å². The first kappa shape index (κ1) is 10.8. The molecule has 0 saturated carbocycles. The molecule has 1 aromatic heterocycles. The summed E-state index contributed by atoms with van der Waals surface area (Å²) < 4.78 is 0. The van der Waals surface area contributed by atoms with Gasteiger partial charge in [-0.25, -0.2) is 0 Å². The molecule has 1 unspecified atom stereocenters. The van der Waals surface area contributed by atoms with Gasteiger partial charge in [-0.1, -0.05) is 35.4 Å². The largest absolute Gasteiger partial charge is 0.320 e. The summed E-state index contributed by atoms with van der Waals surface area (Å²) in [5.74, 6) is 0. The second-order valence-electron chi connectivity index (χ2n) is 4.19. The monoisotopic (exact) mass is 212 g/mol. The first-order chi connectivity index (χ1) is 7.66. The summed E-state index contributed by atoms with van der Waals surface area (Å²) >= 11 is 0. The van der Waals surface area contributed by atoms with E-state index in [2.05, 4.69) is 37.0 Å². The van der Waals surface area contributed by atoms with E-state index in [1.54, 1.807) is 6.20 Å². The van der Waals surface area contributed by atoms with Gasteiger partial charge in [0.05, 0.1) is 6.04 Å². The van der Waals surface area contributed by atoms with Crippen LogP contribution >= 0.6 is 0 Å². The minimum atomic E-state index is -0.0905. The molecule has 1 aromatic carbocycles. The van der Waals surface area contributed by atoms with Crippen LogP contribution in [0.5, 0.6) is 0 Å². The van der Waals surface area contributed by atoms with Gasteiger partial charge in [0.2, 0.25) is 0 Å². The molecule has 0 bridgehead atoms. The zero-order valence-electron chi connectivity index (χ0n) is 9.64. The lowest BCUT2D eigenvalue weighted by molar-refractivity contribution is 0.860. The van der Waals surface area contributed by atoms with Crippen LogP contribution in [-0.2, 0) is 0 Å². The maximum atomic E-state index is 6.21. The highest BCUT2D eigenvalue weighted by Gasteiger charge is 2.09. The lowest BCUT2D eigenvalue weighted by atomic mass is 9.97. The average molecular weight is 212 g/mol. The number of nitrogens with two attached hydrogens (primary N) is 1. The number of aryl methyl sites for hydroxylation is 2. The number of pyridine rings is 1. The molecule has 0 saturated heterocycles. The Morgan fingerprint density at radius 3 is 2.31 bits per heavy atom. The third kappa shape index (κ3) is 2.28. The Balaban J connectivity index is 2.37. The van der Waals surface area contributed by atoms with Crippen LogP contribution in [0.4, 0.5) is 0 Å². The SMILES string of the molecule is Cc1cc(C)cc(C(N)c2cccnc2)c1. The summed E-state index contributed by atoms with van der Waals surface area (Å²) in [5.41, 5.74) is 10.9. The summed E-state index contributed by atoms with van der Waals surface area (Å²) in [6.07, 6.45) is 3.58. The van der Waals surface area contributed by atoms with E-state index < -0.39 is 0 Å². The van der Waals surface area contributed by atoms with Crippen molar-refractivity contribution in [2.75, 3.05) is 0 Å². The molecule has 82 valence electrons. The summed E-state index contributed by atoms with van der Waals surface area (Å²) in [6, 6.07) is 10.2. The molecule has 1 atom stereocenters. The molecule has 0 spiro atoms. The van der Waals surface area contributed by atoms with Crippen LogP contribution in [0.3, 0.4) is 0 Å². The van der Waals surface area contributed by atoms with E-state index in [4.69, 9.17) is 5.73 Å². The van der Waals surface area contributed by atoms with E-state index >= 15 is 0 Å². The maximum Gasteiger partial charge on any atom is 0.0567 e. The van der Waals surface area contributed by atoms with Crippen LogP contribution in [0, 0.1) is 13.8 Å². The van der Waals surface area contributed by atoms with Gasteiger partial charge in [0.1, 0.15) is 0 Å². The van der Waals surface area contributed by atoms with Crippen molar-refractivity contribution >= 4 is 0 Å². The van der Waals surface area contributed by atoms with Crippen LogP contribution in [0.15, 0.2) is 42.7 Å². The zero-order valence-corrected chi connectivity index (χ0v) is 9.64. The Kier molecular flexibility index (Phi) is 3.02. The molecule has 0 aliphatic heterocycles. The lowest BCUT2D eigenvalue weighted by Gasteiger charge is -2.13. The van der Waals surface area contributed by atoms with Gasteiger partial charge in [-0.2, -0.15) is 0 Å². The van der Waals surface area contributed by atoms with E-state index in [9.17, 15) is 0 Å². The quantitative estimate of drug-likeness (QED) is 0.831. The molecule has 2 rings (SSSR count). The second-order valence-corrected chi connectivity index (χ2v) is 4.19. The molecular weight excluding hydrogens is 196 g/mol. The summed E-state index contributed by atoms with van der Waals surface area (Å²) in [6.45, 7) is 4.18. The number of hydrogen-bond acceptors (Lipinski definition) is 2. The molecule has 0 aliphatic carbocycles. The van der Waals surface area contributed by atoms with Gasteiger partial charge in [0.15, 0.2) is 0 Å². The van der Waals surface area contributed by atoms with Crippen LogP contribution in [-0.4, -0.2) is 4.98 Å². The van der Waals surface area contributed by atoms with Crippen LogP contribution in [0.1, 0.15) is 28.3 Å². The van der Waals surface area contributed by atoms with E-state index in [1.165, 1.54) is 11.1 Å². The molecule has 2 N–H and O–H groups in total. The van der Waals surface area contributed by atoms with Crippen molar-refractivity contribution in [3.8, 4) is 0 Å². The molecule has 2 heteroatoms. The smallest absolute Gasteiger partial charge is 0.0567 e. The molecule has 0 radical (unpaired) electrons. The van der Waals surface area contributed by atoms with E-state index in [0.29, 0.717) is 0 Å². The van der Waals surface area contributed by atoms with Crippen LogP contribution in [0.25, 0.3) is 0 Å². The predicted octanol–water partition coefficient (Wildman–Crippen LogP) is 2.75. The first-order valence-corrected chi connectivity index (χ1v) is 5.40. The lowest BCUT2D eigenvalue weighted by Crippen LogP contribution is -2.12. The summed E-state index contributed by atoms with van der Waals surface area (Å²) in [5, 5.41) is 0. The maximum absolute atomic E-state index is 6.21. The highest BCUT2D eigenvalue weighted by molar-refractivity contribution is 5.35. The van der Waals surface area contributed by atoms with Gasteiger partial charge in [0.25, 0.3) is 0 Å². The minimum Gasteiger partial charge on any atom is -0.320 e. The van der Waals surface area contributed by atoms with Crippen molar-refractivity contribution < 1.29 is 0 Å². The third-order valence-corrected chi connectivity index (χ3v) is 2.65. The van der Waals surface area contributed by atoms with Crippen molar-refractivity contribution in [2.45, 2.75) is 19.9 Å². The Morgan fingerprint density at radius 2 is 1.75 bits per heavy atom. The van der Waals surface area contributed by atoms with E-state index in [0.717, 1.165) is 11.1 Å². The van der Waals surface area contributed by atoms with Gasteiger partial charge in [-0.05, 0) is 31.0 Å². The number of rotatable bonds is 2. The number of hydrogen-bond donors (Lipinski definition) is 1. The molecule has 2 aromatic rings. The van der Waals surface area contributed by atoms with Gasteiger partial charge in [-0.3, -0.25) is 4.98 Å². The van der Waals surface area contributed by atoms with Crippen molar-refractivity contribution in [1.29, 1.82) is 0 Å². The van der Waals surface area contributed by atoms with Crippen LogP contribution < -0.4 is 5.73 Å². The topological polar surface area (TPSA) is 38.9 Å². The minimum absolute atomic E-state index is 0.0905. The predicted molar refractivity (Wildman–Crippen MR) is 66.2 cm³/mol. The van der Waals surface area contributed by atoms with Crippen molar-refractivity contribution in [3.63, 3.8) is 0 Å². The fourth-order valence-electron chi connectivity index (χ4n) is 1.94. The summed E-state index contributed by atoms with van der Waals surface area (Å²) in [4.78, 5) is 4.10. The first-order valence-electron chi connectivity index (χ1n) is 5.40. The molecular formula is C14H16N2. The van der Waals surface area contributed by atoms with Crippen LogP contribution in [0.2, 0.25) is 0 Å². The highest BCUT2D eigenvalue weighted by atomic mass is 14.7. The van der Waals surface area contributed by atoms with E-state index in [1.807, 2.05) is 18.3 Å². The van der Waals surface area contributed by atoms with Gasteiger partial charge in [-0.15, -0.1) is 0 Å². The standard InChI is InChI=1S/C14H16N2/c1-10-6-11(2)8-13(7-10)14(15)12-4-3-5-16-9-12/h3-9,14H,15H2,1-2H3. The molecule has 0 fully saturated rings. The van der Waals surface area contributed by atoms with Crippen molar-refractivity contribution in [3.05, 3.63) is 65.0 Å². The zero-order chi connectivity index (χ0) is 11.5. The second kappa shape index (κ2) is 4.45. The normalized spacial score (nSPS) is 12.4. The third-order valence-electron chi connectivity index (χ3n) is 2.65. The molecule has 16 heavy (non-hydrogen) atoms. The van der Waals surface area contributed by atoms with Gasteiger partial charge < -0.3 is 5.73 Å². The number of benzene rings is 1. The number of aromatic nitrogens is 1. The fourth-order valence-corrected chi connectivity index (χ4v) is 1.94. The number of nitrogens with zero attached hydrogens (tertiary/aromatic N) is 1. The molecule has 0 amide bonds. The Hall–Kier alpha value is -1.67. The molecule has 1 heterocycles. The van der Waals surface area contributed by atoms with Gasteiger partial charge in [0, 0.05) is 12.4 Å². The summed E-state index contributed by atoms with van der Waals surface area (Å²) in [7, 11) is 0. The van der Waals surface area contributed by atoms with Crippen molar-refractivity contribution in [1.82, 2.24) is 4.98 Å². The molecule has 2 nitrogen and oxygen atoms in total. The Bertz CT molecular complexity index is 457. The molecule has 0 aliphatic rings. The van der Waals surface area contributed by atoms with Crippen molar-refractivity contribution in [2.24, 2.45) is 5.73 Å². The fraction of sp³-hybridized carbons (Fsp3) is 0.214. The Morgan fingerprint density at radius 1 is 1.06 bits per heavy atom. The average Bonchev–Trinajstić information content (AvgIpc) is 2.28. The highest BCUT2D eigenvalue weighted by Crippen LogP contribution is 2.20.